The zero-order valence-electron chi connectivity index (χ0n) is 19.4. The number of hydrogen-bond donors (Lipinski definition) is 1. The molecule has 9 heteroatoms. The topological polar surface area (TPSA) is 96.0 Å². The van der Waals surface area contributed by atoms with Gasteiger partial charge in [0.2, 0.25) is 21.8 Å². The van der Waals surface area contributed by atoms with Crippen molar-refractivity contribution in [1.82, 2.24) is 9.21 Å². The number of anilines is 1. The summed E-state index contributed by atoms with van der Waals surface area (Å²) in [6, 6.07) is 11.6. The summed E-state index contributed by atoms with van der Waals surface area (Å²) in [5.74, 6) is -0.166. The van der Waals surface area contributed by atoms with Crippen molar-refractivity contribution in [1.29, 1.82) is 0 Å². The molecule has 2 aliphatic rings. The van der Waals surface area contributed by atoms with Gasteiger partial charge in [-0.15, -0.1) is 0 Å². The number of carbonyl (C=O) groups is 2. The minimum Gasteiger partial charge on any atom is -0.495 e. The lowest BCUT2D eigenvalue weighted by atomic mass is 9.93. The van der Waals surface area contributed by atoms with Gasteiger partial charge >= 0.3 is 0 Å². The first-order valence-corrected chi connectivity index (χ1v) is 12.8. The van der Waals surface area contributed by atoms with E-state index in [-0.39, 0.29) is 28.8 Å². The normalized spacial score (nSPS) is 18.3. The fourth-order valence-electron chi connectivity index (χ4n) is 4.49. The monoisotopic (exact) mass is 483 g/mol. The van der Waals surface area contributed by atoms with Crippen molar-refractivity contribution in [2.45, 2.75) is 43.5 Å². The zero-order chi connectivity index (χ0) is 24.3. The third kappa shape index (κ3) is 4.85. The van der Waals surface area contributed by atoms with Gasteiger partial charge in [0.25, 0.3) is 0 Å². The second kappa shape index (κ2) is 9.99. The predicted octanol–water partition coefficient (Wildman–Crippen LogP) is 3.77. The number of carbonyl (C=O) groups excluding carboxylic acids is 2. The summed E-state index contributed by atoms with van der Waals surface area (Å²) in [4.78, 5) is 27.0. The van der Waals surface area contributed by atoms with E-state index in [0.29, 0.717) is 18.8 Å². The summed E-state index contributed by atoms with van der Waals surface area (Å²) in [5.41, 5.74) is 2.10. The van der Waals surface area contributed by atoms with Gasteiger partial charge in [0, 0.05) is 26.2 Å². The van der Waals surface area contributed by atoms with Crippen LogP contribution in [0.15, 0.2) is 53.6 Å². The molecule has 1 unspecified atom stereocenters. The van der Waals surface area contributed by atoms with Crippen LogP contribution in [-0.4, -0.2) is 49.6 Å². The van der Waals surface area contributed by atoms with Crippen molar-refractivity contribution in [2.24, 2.45) is 0 Å². The second-order valence-electron chi connectivity index (χ2n) is 8.47. The van der Waals surface area contributed by atoms with Gasteiger partial charge in [0.1, 0.15) is 5.75 Å². The number of piperidine rings is 1. The first kappa shape index (κ1) is 24.0. The second-order valence-corrected chi connectivity index (χ2v) is 10.4. The minimum absolute atomic E-state index is 0.00713. The molecule has 0 saturated carbocycles. The van der Waals surface area contributed by atoms with Gasteiger partial charge in [-0.05, 0) is 48.2 Å². The van der Waals surface area contributed by atoms with Crippen molar-refractivity contribution < 1.29 is 22.7 Å². The largest absolute Gasteiger partial charge is 0.495 e. The smallest absolute Gasteiger partial charge is 0.243 e. The van der Waals surface area contributed by atoms with Gasteiger partial charge in [-0.25, -0.2) is 8.42 Å². The third-order valence-electron chi connectivity index (χ3n) is 6.25. The van der Waals surface area contributed by atoms with Crippen molar-refractivity contribution >= 4 is 33.6 Å². The number of nitrogens with one attached hydrogen (secondary N) is 1. The first-order chi connectivity index (χ1) is 16.3. The highest BCUT2D eigenvalue weighted by Crippen LogP contribution is 2.34. The van der Waals surface area contributed by atoms with E-state index < -0.39 is 16.1 Å². The molecule has 0 spiro atoms. The molecule has 2 amide bonds. The summed E-state index contributed by atoms with van der Waals surface area (Å²) < 4.78 is 33.1. The van der Waals surface area contributed by atoms with Crippen LogP contribution in [0.2, 0.25) is 0 Å². The van der Waals surface area contributed by atoms with Gasteiger partial charge < -0.3 is 15.0 Å². The lowest BCUT2D eigenvalue weighted by molar-refractivity contribution is -0.129. The quantitative estimate of drug-likeness (QED) is 0.675. The van der Waals surface area contributed by atoms with Crippen molar-refractivity contribution in [2.75, 3.05) is 25.5 Å². The molecule has 2 heterocycles. The molecule has 1 saturated heterocycles. The van der Waals surface area contributed by atoms with Gasteiger partial charge in [-0.2, -0.15) is 4.31 Å². The first-order valence-electron chi connectivity index (χ1n) is 11.4. The Kier molecular flexibility index (Phi) is 7.04. The number of ether oxygens (including phenoxy) is 1. The maximum atomic E-state index is 13.1. The molecular weight excluding hydrogens is 454 g/mol. The molecule has 180 valence electrons. The Balaban J connectivity index is 1.58. The van der Waals surface area contributed by atoms with E-state index in [1.54, 1.807) is 12.3 Å². The molecule has 0 radical (unpaired) electrons. The molecule has 0 aliphatic carbocycles. The standard InChI is InChI=1S/C25H29N3O5S/c1-18(29)28-15-12-19-8-4-5-9-21(19)23(28)17-25(30)26-22-16-20(10-11-24(22)33-2)34(31,32)27-13-6-3-7-14-27/h4-5,8-12,15-16,23H,3,6-7,13-14,17H2,1-2H3,(H,26,30). The van der Waals surface area contributed by atoms with Crippen LogP contribution in [0, 0.1) is 0 Å². The Morgan fingerprint density at radius 1 is 1.09 bits per heavy atom. The maximum Gasteiger partial charge on any atom is 0.243 e. The van der Waals surface area contributed by atoms with Gasteiger partial charge in [-0.3, -0.25) is 9.59 Å². The highest BCUT2D eigenvalue weighted by Gasteiger charge is 2.30. The molecule has 2 aromatic carbocycles. The van der Waals surface area contributed by atoms with E-state index in [9.17, 15) is 18.0 Å². The van der Waals surface area contributed by atoms with Gasteiger partial charge in [-0.1, -0.05) is 30.7 Å². The molecular formula is C25H29N3O5S. The molecule has 2 aliphatic heterocycles. The number of hydrogen-bond acceptors (Lipinski definition) is 5. The van der Waals surface area contributed by atoms with E-state index >= 15 is 0 Å². The average Bonchev–Trinajstić information content (AvgIpc) is 2.84. The van der Waals surface area contributed by atoms with Crippen LogP contribution in [0.1, 0.15) is 49.8 Å². The number of amides is 2. The summed E-state index contributed by atoms with van der Waals surface area (Å²) in [7, 11) is -2.21. The van der Waals surface area contributed by atoms with Crippen LogP contribution < -0.4 is 10.1 Å². The molecule has 0 bridgehead atoms. The van der Waals surface area contributed by atoms with E-state index in [4.69, 9.17) is 4.74 Å². The van der Waals surface area contributed by atoms with E-state index in [0.717, 1.165) is 30.4 Å². The van der Waals surface area contributed by atoms with Crippen LogP contribution in [0.25, 0.3) is 6.08 Å². The van der Waals surface area contributed by atoms with Gasteiger partial charge in [0.05, 0.1) is 30.2 Å². The molecule has 4 rings (SSSR count). The highest BCUT2D eigenvalue weighted by atomic mass is 32.2. The third-order valence-corrected chi connectivity index (χ3v) is 8.14. The highest BCUT2D eigenvalue weighted by molar-refractivity contribution is 7.89. The fraction of sp³-hybridized carbons (Fsp3) is 0.360. The fourth-order valence-corrected chi connectivity index (χ4v) is 6.03. The average molecular weight is 484 g/mol. The Morgan fingerprint density at radius 2 is 1.82 bits per heavy atom. The lowest BCUT2D eigenvalue weighted by Gasteiger charge is -2.32. The Bertz CT molecular complexity index is 1220. The summed E-state index contributed by atoms with van der Waals surface area (Å²) in [5, 5.41) is 2.81. The molecule has 34 heavy (non-hydrogen) atoms. The number of sulfonamides is 1. The Hall–Kier alpha value is -3.17. The molecule has 8 nitrogen and oxygen atoms in total. The lowest BCUT2D eigenvalue weighted by Crippen LogP contribution is -2.35. The van der Waals surface area contributed by atoms with E-state index in [2.05, 4.69) is 5.32 Å². The van der Waals surface area contributed by atoms with Crippen LogP contribution >= 0.6 is 0 Å². The van der Waals surface area contributed by atoms with Crippen molar-refractivity contribution in [3.8, 4) is 5.75 Å². The van der Waals surface area contributed by atoms with Crippen molar-refractivity contribution in [3.05, 3.63) is 59.8 Å². The number of fused-ring (bicyclic) bond motifs is 1. The summed E-state index contributed by atoms with van der Waals surface area (Å²) >= 11 is 0. The van der Waals surface area contributed by atoms with Crippen LogP contribution in [0.3, 0.4) is 0 Å². The van der Waals surface area contributed by atoms with Crippen molar-refractivity contribution in [3.63, 3.8) is 0 Å². The van der Waals surface area contributed by atoms with Crippen LogP contribution in [0.5, 0.6) is 5.75 Å². The SMILES string of the molecule is COc1ccc(S(=O)(=O)N2CCCCC2)cc1NC(=O)CC1c2ccccc2C=CN1C(C)=O. The number of methoxy groups -OCH3 is 1. The van der Waals surface area contributed by atoms with E-state index in [1.165, 1.54) is 35.4 Å². The molecule has 2 aromatic rings. The Labute approximate surface area is 200 Å². The molecule has 0 aromatic heterocycles. The van der Waals surface area contributed by atoms with Crippen LogP contribution in [-0.2, 0) is 19.6 Å². The summed E-state index contributed by atoms with van der Waals surface area (Å²) in [6.45, 7) is 2.44. The molecule has 1 N–H and O–H groups in total. The van der Waals surface area contributed by atoms with E-state index in [1.807, 2.05) is 30.3 Å². The molecule has 1 fully saturated rings. The number of benzene rings is 2. The zero-order valence-corrected chi connectivity index (χ0v) is 20.2. The Morgan fingerprint density at radius 3 is 2.53 bits per heavy atom. The summed E-state index contributed by atoms with van der Waals surface area (Å²) in [6.07, 6.45) is 6.24. The minimum atomic E-state index is -3.67. The molecule has 1 atom stereocenters. The number of rotatable bonds is 6. The number of nitrogens with zero attached hydrogens (tertiary/aromatic N) is 2. The maximum absolute atomic E-state index is 13.1. The van der Waals surface area contributed by atoms with Crippen LogP contribution in [0.4, 0.5) is 5.69 Å². The van der Waals surface area contributed by atoms with Gasteiger partial charge in [0.15, 0.2) is 0 Å². The predicted molar refractivity (Wildman–Crippen MR) is 130 cm³/mol.